The third-order valence-corrected chi connectivity index (χ3v) is 1.18. The Morgan fingerprint density at radius 1 is 1.25 bits per heavy atom. The highest BCUT2D eigenvalue weighted by Crippen LogP contribution is 2.12. The van der Waals surface area contributed by atoms with E-state index in [1.165, 1.54) is 6.21 Å². The molecule has 1 N–H and O–H groups in total. The highest BCUT2D eigenvalue weighted by atomic mass is 15.2. The van der Waals surface area contributed by atoms with Crippen molar-refractivity contribution in [1.82, 2.24) is 0 Å². The van der Waals surface area contributed by atoms with Crippen molar-refractivity contribution in [1.29, 1.82) is 10.7 Å². The van der Waals surface area contributed by atoms with E-state index < -0.39 is 11.1 Å². The first kappa shape index (κ1) is 10.8. The van der Waals surface area contributed by atoms with Crippen molar-refractivity contribution in [3.05, 3.63) is 0 Å². The molecule has 66 valence electrons. The van der Waals surface area contributed by atoms with Crippen LogP contribution in [0.5, 0.6) is 0 Å². The van der Waals surface area contributed by atoms with E-state index in [1.54, 1.807) is 27.7 Å². The predicted octanol–water partition coefficient (Wildman–Crippen LogP) is 2.17. The van der Waals surface area contributed by atoms with Crippen molar-refractivity contribution in [3.8, 4) is 6.07 Å². The quantitative estimate of drug-likeness (QED) is 0.506. The average molecular weight is 166 g/mol. The molecular formula is C8H14N4. The highest BCUT2D eigenvalue weighted by Gasteiger charge is 2.18. The summed E-state index contributed by atoms with van der Waals surface area (Å²) in [5, 5.41) is 23.3. The van der Waals surface area contributed by atoms with Crippen LogP contribution in [-0.2, 0) is 0 Å². The molecule has 0 bridgehead atoms. The monoisotopic (exact) mass is 166 g/mol. The van der Waals surface area contributed by atoms with Gasteiger partial charge < -0.3 is 5.41 Å². The molecule has 0 spiro atoms. The summed E-state index contributed by atoms with van der Waals surface area (Å²) in [6.07, 6.45) is 1.20. The Bertz CT molecular complexity index is 232. The minimum Gasteiger partial charge on any atom is -0.311 e. The summed E-state index contributed by atoms with van der Waals surface area (Å²) < 4.78 is 0. The number of azo groups is 1. The fraction of sp³-hybridized carbons (Fsp3) is 0.750. The van der Waals surface area contributed by atoms with Crippen molar-refractivity contribution in [2.75, 3.05) is 0 Å². The van der Waals surface area contributed by atoms with Crippen LogP contribution in [0.4, 0.5) is 0 Å². The molecule has 0 atom stereocenters. The van der Waals surface area contributed by atoms with Crippen LogP contribution in [0.2, 0.25) is 0 Å². The fourth-order valence-electron chi connectivity index (χ4n) is 0.305. The lowest BCUT2D eigenvalue weighted by atomic mass is 10.1. The molecule has 0 fully saturated rings. The third-order valence-electron chi connectivity index (χ3n) is 1.18. The second-order valence-electron chi connectivity index (χ2n) is 3.67. The van der Waals surface area contributed by atoms with Gasteiger partial charge in [-0.1, -0.05) is 0 Å². The van der Waals surface area contributed by atoms with Crippen LogP contribution in [0.1, 0.15) is 27.7 Å². The van der Waals surface area contributed by atoms with E-state index in [0.29, 0.717) is 0 Å². The first-order valence-corrected chi connectivity index (χ1v) is 3.70. The molecule has 0 aliphatic carbocycles. The van der Waals surface area contributed by atoms with Gasteiger partial charge in [0.15, 0.2) is 5.54 Å². The lowest BCUT2D eigenvalue weighted by Crippen LogP contribution is -2.20. The molecule has 0 saturated heterocycles. The molecule has 0 unspecified atom stereocenters. The van der Waals surface area contributed by atoms with Gasteiger partial charge in [0.05, 0.1) is 6.07 Å². The summed E-state index contributed by atoms with van der Waals surface area (Å²) in [7, 11) is 0. The summed E-state index contributed by atoms with van der Waals surface area (Å²) in [5.41, 5.74) is -1.39. The lowest BCUT2D eigenvalue weighted by Gasteiger charge is -2.13. The number of rotatable bonds is 3. The highest BCUT2D eigenvalue weighted by molar-refractivity contribution is 5.65. The van der Waals surface area contributed by atoms with Crippen LogP contribution in [-0.4, -0.2) is 17.3 Å². The molecule has 0 aromatic heterocycles. The molecule has 0 saturated carbocycles. The maximum absolute atomic E-state index is 8.60. The van der Waals surface area contributed by atoms with Crippen molar-refractivity contribution in [2.45, 2.75) is 38.8 Å². The Balaban J connectivity index is 4.47. The molecule has 0 heterocycles. The van der Waals surface area contributed by atoms with Gasteiger partial charge in [-0.05, 0) is 27.7 Å². The molecule has 4 heteroatoms. The van der Waals surface area contributed by atoms with Crippen LogP contribution in [0.3, 0.4) is 0 Å². The SMILES string of the molecule is CC(C)(C#N)N=NC(C)(C)C=N. The van der Waals surface area contributed by atoms with E-state index in [2.05, 4.69) is 10.2 Å². The van der Waals surface area contributed by atoms with Crippen LogP contribution in [0, 0.1) is 16.7 Å². The maximum Gasteiger partial charge on any atom is 0.161 e. The molecule has 0 amide bonds. The Kier molecular flexibility index (Phi) is 3.08. The number of hydrogen-bond acceptors (Lipinski definition) is 4. The second-order valence-corrected chi connectivity index (χ2v) is 3.67. The Morgan fingerprint density at radius 3 is 2.08 bits per heavy atom. The number of nitriles is 1. The summed E-state index contributed by atoms with van der Waals surface area (Å²) in [4.78, 5) is 0. The number of nitrogens with zero attached hydrogens (tertiary/aromatic N) is 3. The summed E-state index contributed by atoms with van der Waals surface area (Å²) in [6, 6.07) is 2.00. The van der Waals surface area contributed by atoms with Gasteiger partial charge >= 0.3 is 0 Å². The van der Waals surface area contributed by atoms with Crippen LogP contribution in [0.25, 0.3) is 0 Å². The van der Waals surface area contributed by atoms with Crippen molar-refractivity contribution in [3.63, 3.8) is 0 Å². The lowest BCUT2D eigenvalue weighted by molar-refractivity contribution is 0.556. The van der Waals surface area contributed by atoms with Gasteiger partial charge in [0.1, 0.15) is 5.54 Å². The normalized spacial score (nSPS) is 12.9. The summed E-state index contributed by atoms with van der Waals surface area (Å²) in [6.45, 7) is 6.88. The minimum atomic E-state index is -0.791. The molecule has 4 nitrogen and oxygen atoms in total. The van der Waals surface area contributed by atoms with Gasteiger partial charge in [-0.3, -0.25) is 0 Å². The standard InChI is InChI=1S/C8H14N4/c1-7(2,5-9)11-12-8(3,4)6-10/h5,9H,1-4H3. The predicted molar refractivity (Wildman–Crippen MR) is 47.4 cm³/mol. The molecule has 0 rings (SSSR count). The zero-order valence-electron chi connectivity index (χ0n) is 7.92. The zero-order chi connectivity index (χ0) is 9.83. The van der Waals surface area contributed by atoms with E-state index in [1.807, 2.05) is 6.07 Å². The number of hydrogen-bond donors (Lipinski definition) is 1. The zero-order valence-corrected chi connectivity index (χ0v) is 7.92. The molecule has 0 radical (unpaired) electrons. The van der Waals surface area contributed by atoms with Gasteiger partial charge in [0, 0.05) is 6.21 Å². The van der Waals surface area contributed by atoms with E-state index in [4.69, 9.17) is 10.7 Å². The summed E-state index contributed by atoms with van der Waals surface area (Å²) in [5.74, 6) is 0. The van der Waals surface area contributed by atoms with Crippen molar-refractivity contribution < 1.29 is 0 Å². The largest absolute Gasteiger partial charge is 0.311 e. The Morgan fingerprint density at radius 2 is 1.75 bits per heavy atom. The average Bonchev–Trinajstić information content (AvgIpc) is 2.02. The second kappa shape index (κ2) is 3.44. The van der Waals surface area contributed by atoms with Crippen molar-refractivity contribution >= 4 is 6.21 Å². The molecule has 0 aromatic carbocycles. The summed E-state index contributed by atoms with van der Waals surface area (Å²) >= 11 is 0. The topological polar surface area (TPSA) is 72.4 Å². The van der Waals surface area contributed by atoms with E-state index in [0.717, 1.165) is 0 Å². The molecule has 0 aliphatic rings. The first-order chi connectivity index (χ1) is 5.33. The minimum absolute atomic E-state index is 0.603. The van der Waals surface area contributed by atoms with Gasteiger partial charge in [-0.25, -0.2) is 0 Å². The third kappa shape index (κ3) is 3.81. The Labute approximate surface area is 72.8 Å². The number of nitrogens with one attached hydrogen (secondary N) is 1. The van der Waals surface area contributed by atoms with Crippen molar-refractivity contribution in [2.24, 2.45) is 10.2 Å². The fourth-order valence-corrected chi connectivity index (χ4v) is 0.305. The maximum atomic E-state index is 8.60. The first-order valence-electron chi connectivity index (χ1n) is 3.70. The van der Waals surface area contributed by atoms with Crippen LogP contribution in [0.15, 0.2) is 10.2 Å². The Hall–Kier alpha value is -1.24. The molecule has 12 heavy (non-hydrogen) atoms. The molecular weight excluding hydrogens is 152 g/mol. The molecule has 0 aliphatic heterocycles. The van der Waals surface area contributed by atoms with E-state index >= 15 is 0 Å². The van der Waals surface area contributed by atoms with Crippen LogP contribution < -0.4 is 0 Å². The smallest absolute Gasteiger partial charge is 0.161 e. The van der Waals surface area contributed by atoms with Gasteiger partial charge in [-0.15, -0.1) is 0 Å². The van der Waals surface area contributed by atoms with E-state index in [9.17, 15) is 0 Å². The van der Waals surface area contributed by atoms with Gasteiger partial charge in [-0.2, -0.15) is 15.5 Å². The van der Waals surface area contributed by atoms with Crippen LogP contribution >= 0.6 is 0 Å². The molecule has 0 aromatic rings. The van der Waals surface area contributed by atoms with E-state index in [-0.39, 0.29) is 0 Å². The van der Waals surface area contributed by atoms with Gasteiger partial charge in [0.25, 0.3) is 0 Å². The van der Waals surface area contributed by atoms with Gasteiger partial charge in [0.2, 0.25) is 0 Å².